The van der Waals surface area contributed by atoms with Crippen LogP contribution in [0.5, 0.6) is 0 Å². The molecule has 48 valence electrons. The smallest absolute Gasteiger partial charge is 0.0627 e. The minimum atomic E-state index is 0.741. The minimum absolute atomic E-state index is 0.741. The number of hydrogen-bond acceptors (Lipinski definition) is 3. The molecule has 0 saturated carbocycles. The fraction of sp³-hybridized carbons (Fsp3) is 1.00. The van der Waals surface area contributed by atoms with Gasteiger partial charge in [-0.25, -0.2) is 0 Å². The van der Waals surface area contributed by atoms with Gasteiger partial charge in [-0.15, -0.1) is 11.8 Å². The van der Waals surface area contributed by atoms with Gasteiger partial charge in [0.05, 0.1) is 5.37 Å². The highest BCUT2D eigenvalue weighted by Crippen LogP contribution is 2.24. The molecule has 1 atom stereocenters. The second-order valence-electron chi connectivity index (χ2n) is 1.82. The van der Waals surface area contributed by atoms with Gasteiger partial charge in [0.15, 0.2) is 0 Å². The van der Waals surface area contributed by atoms with Crippen LogP contribution in [-0.4, -0.2) is 17.4 Å². The summed E-state index contributed by atoms with van der Waals surface area (Å²) in [7, 11) is 0. The van der Waals surface area contributed by atoms with Crippen molar-refractivity contribution in [1.82, 2.24) is 4.72 Å². The lowest BCUT2D eigenvalue weighted by Gasteiger charge is -2.05. The molecule has 0 aliphatic carbocycles. The van der Waals surface area contributed by atoms with Gasteiger partial charge < -0.3 is 0 Å². The predicted molar refractivity (Wildman–Crippen MR) is 42.1 cm³/mol. The molecule has 1 saturated heterocycles. The first-order valence-electron chi connectivity index (χ1n) is 2.83. The van der Waals surface area contributed by atoms with Crippen LogP contribution in [0.1, 0.15) is 12.8 Å². The molecule has 1 aliphatic heterocycles. The van der Waals surface area contributed by atoms with E-state index in [9.17, 15) is 0 Å². The van der Waals surface area contributed by atoms with Crippen LogP contribution in [-0.2, 0) is 0 Å². The maximum Gasteiger partial charge on any atom is 0.0627 e. The van der Waals surface area contributed by atoms with Gasteiger partial charge in [-0.3, -0.25) is 4.72 Å². The molecule has 1 nitrogen and oxygen atoms in total. The predicted octanol–water partition coefficient (Wildman–Crippen LogP) is 1.71. The second kappa shape index (κ2) is 3.64. The molecule has 1 heterocycles. The fourth-order valence-electron chi connectivity index (χ4n) is 0.802. The lowest BCUT2D eigenvalue weighted by atomic mass is 10.3. The van der Waals surface area contributed by atoms with Gasteiger partial charge in [0.1, 0.15) is 0 Å². The zero-order valence-corrected chi connectivity index (χ0v) is 6.65. The maximum atomic E-state index is 3.32. The standard InChI is InChI=1S/C5H11NS2/c1-7-6-5-3-2-4-8-5/h5-6H,2-4H2,1H3. The van der Waals surface area contributed by atoms with Crippen molar-refractivity contribution in [2.24, 2.45) is 0 Å². The van der Waals surface area contributed by atoms with E-state index in [2.05, 4.69) is 11.0 Å². The van der Waals surface area contributed by atoms with Gasteiger partial charge in [0.2, 0.25) is 0 Å². The summed E-state index contributed by atoms with van der Waals surface area (Å²) in [5.74, 6) is 1.35. The van der Waals surface area contributed by atoms with E-state index in [-0.39, 0.29) is 0 Å². The first-order valence-corrected chi connectivity index (χ1v) is 5.11. The largest absolute Gasteiger partial charge is 0.252 e. The van der Waals surface area contributed by atoms with Gasteiger partial charge >= 0.3 is 0 Å². The van der Waals surface area contributed by atoms with E-state index in [0.717, 1.165) is 5.37 Å². The molecule has 0 aromatic heterocycles. The van der Waals surface area contributed by atoms with Gasteiger partial charge in [0.25, 0.3) is 0 Å². The lowest BCUT2D eigenvalue weighted by Crippen LogP contribution is -2.14. The van der Waals surface area contributed by atoms with E-state index in [1.165, 1.54) is 18.6 Å². The van der Waals surface area contributed by atoms with E-state index in [1.807, 2.05) is 11.8 Å². The molecule has 1 N–H and O–H groups in total. The van der Waals surface area contributed by atoms with Crippen molar-refractivity contribution in [3.63, 3.8) is 0 Å². The van der Waals surface area contributed by atoms with E-state index in [0.29, 0.717) is 0 Å². The summed E-state index contributed by atoms with van der Waals surface area (Å²) in [5, 5.41) is 0.741. The molecule has 1 unspecified atom stereocenters. The highest BCUT2D eigenvalue weighted by atomic mass is 32.2. The Hall–Kier alpha value is 0.660. The quantitative estimate of drug-likeness (QED) is 0.600. The van der Waals surface area contributed by atoms with E-state index < -0.39 is 0 Å². The molecule has 0 spiro atoms. The number of nitrogens with one attached hydrogen (secondary N) is 1. The highest BCUT2D eigenvalue weighted by Gasteiger charge is 2.13. The third-order valence-corrected chi connectivity index (χ3v) is 3.13. The summed E-state index contributed by atoms with van der Waals surface area (Å²) in [6.07, 6.45) is 4.83. The van der Waals surface area contributed by atoms with Crippen LogP contribution < -0.4 is 4.72 Å². The van der Waals surface area contributed by atoms with Crippen LogP contribution in [0.25, 0.3) is 0 Å². The molecule has 0 bridgehead atoms. The molecule has 0 radical (unpaired) electrons. The van der Waals surface area contributed by atoms with Gasteiger partial charge in [-0.05, 0) is 24.9 Å². The third kappa shape index (κ3) is 1.88. The van der Waals surface area contributed by atoms with Crippen molar-refractivity contribution in [3.8, 4) is 0 Å². The Morgan fingerprint density at radius 3 is 3.12 bits per heavy atom. The van der Waals surface area contributed by atoms with Crippen molar-refractivity contribution in [1.29, 1.82) is 0 Å². The van der Waals surface area contributed by atoms with Crippen molar-refractivity contribution in [3.05, 3.63) is 0 Å². The molecule has 0 amide bonds. The van der Waals surface area contributed by atoms with Crippen molar-refractivity contribution < 1.29 is 0 Å². The van der Waals surface area contributed by atoms with Crippen LogP contribution in [0.3, 0.4) is 0 Å². The molecular formula is C5H11NS2. The Kier molecular flexibility index (Phi) is 3.08. The van der Waals surface area contributed by atoms with Crippen LogP contribution in [0.2, 0.25) is 0 Å². The van der Waals surface area contributed by atoms with Crippen LogP contribution in [0.15, 0.2) is 0 Å². The van der Waals surface area contributed by atoms with Crippen molar-refractivity contribution in [2.75, 3.05) is 12.0 Å². The van der Waals surface area contributed by atoms with Crippen LogP contribution in [0.4, 0.5) is 0 Å². The summed E-state index contributed by atoms with van der Waals surface area (Å²) in [6, 6.07) is 0. The molecule has 1 rings (SSSR count). The Morgan fingerprint density at radius 2 is 2.62 bits per heavy atom. The van der Waals surface area contributed by atoms with Crippen molar-refractivity contribution in [2.45, 2.75) is 18.2 Å². The zero-order valence-electron chi connectivity index (χ0n) is 5.02. The lowest BCUT2D eigenvalue weighted by molar-refractivity contribution is 0.776. The molecule has 0 aromatic carbocycles. The maximum absolute atomic E-state index is 3.32. The molecule has 3 heteroatoms. The van der Waals surface area contributed by atoms with Crippen molar-refractivity contribution >= 4 is 23.7 Å². The second-order valence-corrected chi connectivity index (χ2v) is 3.78. The Bertz CT molecular complexity index is 61.4. The normalized spacial score (nSPS) is 28.9. The Labute approximate surface area is 59.1 Å². The Balaban J connectivity index is 2.06. The number of thioether (sulfide) groups is 1. The first kappa shape index (κ1) is 6.78. The molecular weight excluding hydrogens is 138 g/mol. The van der Waals surface area contributed by atoms with E-state index in [4.69, 9.17) is 0 Å². The molecule has 1 aliphatic rings. The molecule has 1 fully saturated rings. The number of rotatable bonds is 2. The topological polar surface area (TPSA) is 12.0 Å². The first-order chi connectivity index (χ1) is 3.93. The Morgan fingerprint density at radius 1 is 1.75 bits per heavy atom. The SMILES string of the molecule is CSNC1CCCS1. The summed E-state index contributed by atoms with van der Waals surface area (Å²) < 4.78 is 3.32. The van der Waals surface area contributed by atoms with Crippen LogP contribution >= 0.6 is 23.7 Å². The monoisotopic (exact) mass is 149 g/mol. The average molecular weight is 149 g/mol. The summed E-state index contributed by atoms with van der Waals surface area (Å²) in [5.41, 5.74) is 0. The highest BCUT2D eigenvalue weighted by molar-refractivity contribution is 8.02. The zero-order chi connectivity index (χ0) is 5.82. The van der Waals surface area contributed by atoms with E-state index in [1.54, 1.807) is 11.9 Å². The summed E-state index contributed by atoms with van der Waals surface area (Å²) >= 11 is 3.76. The molecule has 0 aromatic rings. The van der Waals surface area contributed by atoms with Gasteiger partial charge in [-0.1, -0.05) is 11.9 Å². The summed E-state index contributed by atoms with van der Waals surface area (Å²) in [4.78, 5) is 0. The van der Waals surface area contributed by atoms with E-state index >= 15 is 0 Å². The third-order valence-electron chi connectivity index (χ3n) is 1.18. The average Bonchev–Trinajstić information content (AvgIpc) is 2.19. The van der Waals surface area contributed by atoms with Crippen LogP contribution in [0, 0.1) is 0 Å². The summed E-state index contributed by atoms with van der Waals surface area (Å²) in [6.45, 7) is 0. The minimum Gasteiger partial charge on any atom is -0.252 e. The van der Waals surface area contributed by atoms with Gasteiger partial charge in [-0.2, -0.15) is 0 Å². The fourth-order valence-corrected chi connectivity index (χ4v) is 2.69. The number of hydrogen-bond donors (Lipinski definition) is 1. The molecule has 8 heavy (non-hydrogen) atoms. The van der Waals surface area contributed by atoms with Gasteiger partial charge in [0, 0.05) is 0 Å².